The van der Waals surface area contributed by atoms with Crippen LogP contribution < -0.4 is 10.1 Å². The second-order valence-corrected chi connectivity index (χ2v) is 6.09. The topological polar surface area (TPSA) is 115 Å². The molecular formula is C19H15ClN2O6. The molecule has 0 spiro atoms. The number of rotatable bonds is 7. The Bertz CT molecular complexity index is 1020. The normalized spacial score (nSPS) is 10.5. The number of aliphatic hydroxyl groups excluding tert-OH is 1. The van der Waals surface area contributed by atoms with Crippen LogP contribution in [0.4, 0.5) is 11.4 Å². The minimum Gasteiger partial charge on any atom is -0.477 e. The number of ether oxygens (including phenoxy) is 1. The van der Waals surface area contributed by atoms with E-state index in [2.05, 4.69) is 5.32 Å². The Labute approximate surface area is 164 Å². The van der Waals surface area contributed by atoms with Gasteiger partial charge < -0.3 is 19.6 Å². The molecule has 3 rings (SSSR count). The second kappa shape index (κ2) is 8.55. The number of halogens is 1. The Kier molecular flexibility index (Phi) is 5.93. The van der Waals surface area contributed by atoms with Crippen molar-refractivity contribution in [3.05, 3.63) is 75.5 Å². The average molecular weight is 403 g/mol. The van der Waals surface area contributed by atoms with E-state index in [1.54, 1.807) is 36.4 Å². The molecule has 28 heavy (non-hydrogen) atoms. The zero-order valence-electron chi connectivity index (χ0n) is 14.4. The maximum atomic E-state index is 12.2. The lowest BCUT2D eigenvalue weighted by Crippen LogP contribution is -2.20. The Morgan fingerprint density at radius 3 is 2.71 bits per heavy atom. The number of hydrogen-bond donors (Lipinski definition) is 2. The standard InChI is InChI=1S/C19H15ClN2O6/c20-15-7-5-12(9-14(15)17-8-6-13(10-23)28-17)21-19(24)11-27-18-4-2-1-3-16(18)22(25)26/h1-9,23H,10-11H2,(H,21,24). The molecule has 9 heteroatoms. The number of benzene rings is 2. The van der Waals surface area contributed by atoms with Crippen molar-refractivity contribution in [2.45, 2.75) is 6.61 Å². The van der Waals surface area contributed by atoms with Crippen LogP contribution in [-0.2, 0) is 11.4 Å². The molecule has 2 aromatic carbocycles. The molecule has 0 saturated heterocycles. The highest BCUT2D eigenvalue weighted by Crippen LogP contribution is 2.32. The average Bonchev–Trinajstić information content (AvgIpc) is 3.17. The summed E-state index contributed by atoms with van der Waals surface area (Å²) in [7, 11) is 0. The van der Waals surface area contributed by atoms with Crippen LogP contribution in [0.3, 0.4) is 0 Å². The van der Waals surface area contributed by atoms with E-state index in [-0.39, 0.29) is 18.0 Å². The summed E-state index contributed by atoms with van der Waals surface area (Å²) in [6.07, 6.45) is 0. The van der Waals surface area contributed by atoms with Gasteiger partial charge in [0.25, 0.3) is 5.91 Å². The van der Waals surface area contributed by atoms with Crippen molar-refractivity contribution in [2.75, 3.05) is 11.9 Å². The minimum atomic E-state index is -0.581. The number of carbonyl (C=O) groups is 1. The van der Waals surface area contributed by atoms with Crippen molar-refractivity contribution in [3.63, 3.8) is 0 Å². The van der Waals surface area contributed by atoms with Crippen molar-refractivity contribution >= 4 is 28.9 Å². The molecule has 1 amide bonds. The smallest absolute Gasteiger partial charge is 0.310 e. The van der Waals surface area contributed by atoms with Crippen molar-refractivity contribution in [2.24, 2.45) is 0 Å². The fraction of sp³-hybridized carbons (Fsp3) is 0.105. The lowest BCUT2D eigenvalue weighted by molar-refractivity contribution is -0.385. The molecule has 3 aromatic rings. The number of nitrogens with one attached hydrogen (secondary N) is 1. The molecule has 1 heterocycles. The first kappa shape index (κ1) is 19.4. The van der Waals surface area contributed by atoms with E-state index < -0.39 is 17.4 Å². The Hall–Kier alpha value is -3.36. The van der Waals surface area contributed by atoms with E-state index in [0.29, 0.717) is 27.8 Å². The first-order chi connectivity index (χ1) is 13.5. The molecule has 0 saturated carbocycles. The molecule has 0 fully saturated rings. The van der Waals surface area contributed by atoms with Gasteiger partial charge in [0.15, 0.2) is 12.4 Å². The first-order valence-electron chi connectivity index (χ1n) is 8.13. The van der Waals surface area contributed by atoms with Crippen LogP contribution >= 0.6 is 11.6 Å². The highest BCUT2D eigenvalue weighted by molar-refractivity contribution is 6.33. The van der Waals surface area contributed by atoms with Gasteiger partial charge in [0.1, 0.15) is 18.1 Å². The fourth-order valence-electron chi connectivity index (χ4n) is 2.47. The molecule has 0 atom stereocenters. The van der Waals surface area contributed by atoms with Gasteiger partial charge in [-0.1, -0.05) is 23.7 Å². The van der Waals surface area contributed by atoms with Gasteiger partial charge in [-0.05, 0) is 36.4 Å². The molecule has 144 valence electrons. The summed E-state index contributed by atoms with van der Waals surface area (Å²) in [5, 5.41) is 23.1. The van der Waals surface area contributed by atoms with Crippen LogP contribution in [0.15, 0.2) is 59.0 Å². The summed E-state index contributed by atoms with van der Waals surface area (Å²) in [5.74, 6) is 0.341. The van der Waals surface area contributed by atoms with Gasteiger partial charge >= 0.3 is 5.69 Å². The number of nitro groups is 1. The monoisotopic (exact) mass is 402 g/mol. The van der Waals surface area contributed by atoms with Crippen LogP contribution in [0.1, 0.15) is 5.76 Å². The number of para-hydroxylation sites is 2. The van der Waals surface area contributed by atoms with Gasteiger partial charge in [0.05, 0.1) is 9.95 Å². The minimum absolute atomic E-state index is 0.00608. The van der Waals surface area contributed by atoms with Crippen molar-refractivity contribution in [1.29, 1.82) is 0 Å². The van der Waals surface area contributed by atoms with Gasteiger partial charge in [-0.3, -0.25) is 14.9 Å². The van der Waals surface area contributed by atoms with E-state index in [1.165, 1.54) is 18.2 Å². The first-order valence-corrected chi connectivity index (χ1v) is 8.51. The number of nitro benzene ring substituents is 1. The summed E-state index contributed by atoms with van der Waals surface area (Å²) in [4.78, 5) is 22.5. The quantitative estimate of drug-likeness (QED) is 0.455. The maximum absolute atomic E-state index is 12.2. The molecule has 8 nitrogen and oxygen atoms in total. The molecule has 0 aliphatic heterocycles. The summed E-state index contributed by atoms with van der Waals surface area (Å²) < 4.78 is 10.7. The SMILES string of the molecule is O=C(COc1ccccc1[N+](=O)[O-])Nc1ccc(Cl)c(-c2ccc(CO)o2)c1. The fourth-order valence-corrected chi connectivity index (χ4v) is 2.68. The third-order valence-electron chi connectivity index (χ3n) is 3.75. The van der Waals surface area contributed by atoms with Crippen LogP contribution in [0.5, 0.6) is 5.75 Å². The van der Waals surface area contributed by atoms with Crippen LogP contribution in [-0.4, -0.2) is 22.5 Å². The largest absolute Gasteiger partial charge is 0.477 e. The van der Waals surface area contributed by atoms with E-state index >= 15 is 0 Å². The zero-order chi connectivity index (χ0) is 20.1. The number of nitrogens with zero attached hydrogens (tertiary/aromatic N) is 1. The lowest BCUT2D eigenvalue weighted by atomic mass is 10.1. The number of amides is 1. The third kappa shape index (κ3) is 4.48. The van der Waals surface area contributed by atoms with Crippen LogP contribution in [0.2, 0.25) is 5.02 Å². The van der Waals surface area contributed by atoms with Gasteiger partial charge in [-0.25, -0.2) is 0 Å². The highest BCUT2D eigenvalue weighted by Gasteiger charge is 2.15. The number of anilines is 1. The van der Waals surface area contributed by atoms with Gasteiger partial charge in [0.2, 0.25) is 0 Å². The zero-order valence-corrected chi connectivity index (χ0v) is 15.2. The number of furan rings is 1. The van der Waals surface area contributed by atoms with Crippen molar-refractivity contribution in [1.82, 2.24) is 0 Å². The van der Waals surface area contributed by atoms with E-state index in [9.17, 15) is 14.9 Å². The van der Waals surface area contributed by atoms with Crippen LogP contribution in [0, 0.1) is 10.1 Å². The molecule has 1 aromatic heterocycles. The molecule has 0 radical (unpaired) electrons. The predicted octanol–water partition coefficient (Wildman–Crippen LogP) is 4.02. The Morgan fingerprint density at radius 2 is 2.00 bits per heavy atom. The molecular weight excluding hydrogens is 388 g/mol. The van der Waals surface area contributed by atoms with Crippen LogP contribution in [0.25, 0.3) is 11.3 Å². The predicted molar refractivity (Wildman–Crippen MR) is 102 cm³/mol. The summed E-state index contributed by atoms with van der Waals surface area (Å²) in [5.41, 5.74) is 0.762. The summed E-state index contributed by atoms with van der Waals surface area (Å²) in [6, 6.07) is 13.9. The summed E-state index contributed by atoms with van der Waals surface area (Å²) in [6.45, 7) is -0.644. The lowest BCUT2D eigenvalue weighted by Gasteiger charge is -2.09. The highest BCUT2D eigenvalue weighted by atomic mass is 35.5. The number of aliphatic hydroxyl groups is 1. The number of carbonyl (C=O) groups excluding carboxylic acids is 1. The molecule has 0 aliphatic rings. The van der Waals surface area contributed by atoms with E-state index in [1.807, 2.05) is 0 Å². The maximum Gasteiger partial charge on any atom is 0.310 e. The Balaban J connectivity index is 1.69. The second-order valence-electron chi connectivity index (χ2n) is 5.68. The summed E-state index contributed by atoms with van der Waals surface area (Å²) >= 11 is 6.18. The van der Waals surface area contributed by atoms with E-state index in [0.717, 1.165) is 0 Å². The van der Waals surface area contributed by atoms with Crippen molar-refractivity contribution in [3.8, 4) is 17.1 Å². The third-order valence-corrected chi connectivity index (χ3v) is 4.08. The van der Waals surface area contributed by atoms with Crippen molar-refractivity contribution < 1.29 is 24.0 Å². The molecule has 0 aliphatic carbocycles. The van der Waals surface area contributed by atoms with Gasteiger partial charge in [-0.2, -0.15) is 0 Å². The molecule has 2 N–H and O–H groups in total. The van der Waals surface area contributed by atoms with Gasteiger partial charge in [-0.15, -0.1) is 0 Å². The molecule has 0 unspecified atom stereocenters. The number of hydrogen-bond acceptors (Lipinski definition) is 6. The molecule has 0 bridgehead atoms. The van der Waals surface area contributed by atoms with Gasteiger partial charge in [0, 0.05) is 17.3 Å². The Morgan fingerprint density at radius 1 is 1.21 bits per heavy atom. The van der Waals surface area contributed by atoms with E-state index in [4.69, 9.17) is 25.9 Å².